The lowest BCUT2D eigenvalue weighted by atomic mass is 10.4. The Morgan fingerprint density at radius 3 is 1.85 bits per heavy atom. The van der Waals surface area contributed by atoms with E-state index in [2.05, 4.69) is 13.2 Å². The molecule has 0 saturated carbocycles. The number of hydrogen-bond acceptors (Lipinski definition) is 4. The van der Waals surface area contributed by atoms with Crippen molar-refractivity contribution in [3.63, 3.8) is 0 Å². The van der Waals surface area contributed by atoms with Crippen LogP contribution >= 0.6 is 0 Å². The summed E-state index contributed by atoms with van der Waals surface area (Å²) in [4.78, 5) is -0.788. The van der Waals surface area contributed by atoms with Crippen LogP contribution in [0.15, 0.2) is 59.4 Å². The minimum atomic E-state index is -4.14. The van der Waals surface area contributed by atoms with Crippen LogP contribution in [0.1, 0.15) is 0 Å². The van der Waals surface area contributed by atoms with Gasteiger partial charge in [-0.3, -0.25) is 0 Å². The molecule has 0 aliphatic carbocycles. The molecule has 0 aliphatic rings. The summed E-state index contributed by atoms with van der Waals surface area (Å²) in [7, 11) is -8.15. The van der Waals surface area contributed by atoms with Gasteiger partial charge in [0.05, 0.1) is 0 Å². The molecule has 20 heavy (non-hydrogen) atoms. The van der Waals surface area contributed by atoms with Crippen molar-refractivity contribution in [3.8, 4) is 0 Å². The van der Waals surface area contributed by atoms with Gasteiger partial charge < -0.3 is 0 Å². The van der Waals surface area contributed by atoms with Gasteiger partial charge in [0.1, 0.15) is 9.79 Å². The monoisotopic (exact) mass is 316 g/mol. The predicted molar refractivity (Wildman–Crippen MR) is 77.0 cm³/mol. The van der Waals surface area contributed by atoms with Crippen molar-refractivity contribution >= 4 is 20.0 Å². The molecule has 0 heterocycles. The summed E-state index contributed by atoms with van der Waals surface area (Å²) >= 11 is 0. The van der Waals surface area contributed by atoms with Gasteiger partial charge in [0, 0.05) is 13.1 Å². The molecule has 1 aromatic carbocycles. The normalized spacial score (nSPS) is 12.3. The number of nitrogens with zero attached hydrogens (tertiary/aromatic N) is 1. The highest BCUT2D eigenvalue weighted by atomic mass is 32.2. The zero-order chi connectivity index (χ0) is 15.4. The molecule has 1 aromatic rings. The number of nitrogens with two attached hydrogens (primary N) is 1. The van der Waals surface area contributed by atoms with Gasteiger partial charge in [-0.15, -0.1) is 13.2 Å². The zero-order valence-corrected chi connectivity index (χ0v) is 12.4. The third-order valence-electron chi connectivity index (χ3n) is 2.44. The summed E-state index contributed by atoms with van der Waals surface area (Å²) in [5.74, 6) is 0. The van der Waals surface area contributed by atoms with Gasteiger partial charge in [-0.1, -0.05) is 24.3 Å². The Hall–Kier alpha value is -1.48. The third-order valence-corrected chi connectivity index (χ3v) is 5.43. The topological polar surface area (TPSA) is 97.5 Å². The van der Waals surface area contributed by atoms with E-state index in [0.717, 1.165) is 10.4 Å². The Bertz CT molecular complexity index is 699. The Balaban J connectivity index is 3.49. The summed E-state index contributed by atoms with van der Waals surface area (Å²) in [6.45, 7) is 7.03. The van der Waals surface area contributed by atoms with Gasteiger partial charge in [0.2, 0.25) is 20.0 Å². The van der Waals surface area contributed by atoms with Gasteiger partial charge in [0.15, 0.2) is 0 Å². The summed E-state index contributed by atoms with van der Waals surface area (Å²) in [5.41, 5.74) is 0. The van der Waals surface area contributed by atoms with Gasteiger partial charge in [0.25, 0.3) is 0 Å². The molecule has 0 bridgehead atoms. The molecule has 110 valence electrons. The van der Waals surface area contributed by atoms with Crippen LogP contribution in [0, 0.1) is 0 Å². The van der Waals surface area contributed by atoms with E-state index in [1.54, 1.807) is 0 Å². The van der Waals surface area contributed by atoms with Crippen molar-refractivity contribution in [3.05, 3.63) is 49.6 Å². The number of rotatable bonds is 7. The van der Waals surface area contributed by atoms with Crippen LogP contribution in [-0.2, 0) is 20.0 Å². The first-order chi connectivity index (χ1) is 9.25. The summed E-state index contributed by atoms with van der Waals surface area (Å²) in [6, 6.07) is 5.20. The first-order valence-corrected chi connectivity index (χ1v) is 8.57. The van der Waals surface area contributed by atoms with Crippen molar-refractivity contribution in [2.24, 2.45) is 5.14 Å². The lowest BCUT2D eigenvalue weighted by Gasteiger charge is -2.20. The minimum absolute atomic E-state index is 0.0350. The fourth-order valence-corrected chi connectivity index (χ4v) is 4.33. The average molecular weight is 316 g/mol. The van der Waals surface area contributed by atoms with Crippen LogP contribution in [-0.4, -0.2) is 34.2 Å². The maximum atomic E-state index is 12.5. The van der Waals surface area contributed by atoms with E-state index < -0.39 is 24.9 Å². The molecule has 0 radical (unpaired) electrons. The van der Waals surface area contributed by atoms with Crippen LogP contribution in [0.4, 0.5) is 0 Å². The second-order valence-corrected chi connectivity index (χ2v) is 7.33. The lowest BCUT2D eigenvalue weighted by molar-refractivity contribution is 0.472. The van der Waals surface area contributed by atoms with Crippen molar-refractivity contribution in [1.29, 1.82) is 0 Å². The van der Waals surface area contributed by atoms with E-state index in [1.165, 1.54) is 30.4 Å². The number of primary sulfonamides is 1. The predicted octanol–water partition coefficient (Wildman–Crippen LogP) is 0.697. The second kappa shape index (κ2) is 6.31. The zero-order valence-electron chi connectivity index (χ0n) is 10.8. The Morgan fingerprint density at radius 2 is 1.45 bits per heavy atom. The average Bonchev–Trinajstić information content (AvgIpc) is 2.37. The standard InChI is InChI=1S/C12H16N2O4S2/c1-3-9-14(10-4-2)20(17,18)12-8-6-5-7-11(12)19(13,15)16/h3-8H,1-2,9-10H2,(H2,13,15,16). The summed E-state index contributed by atoms with van der Waals surface area (Å²) < 4.78 is 49.0. The smallest absolute Gasteiger partial charge is 0.225 e. The number of hydrogen-bond donors (Lipinski definition) is 1. The van der Waals surface area contributed by atoms with Gasteiger partial charge in [-0.2, -0.15) is 4.31 Å². The lowest BCUT2D eigenvalue weighted by Crippen LogP contribution is -2.32. The van der Waals surface area contributed by atoms with E-state index >= 15 is 0 Å². The molecule has 0 aliphatic heterocycles. The SMILES string of the molecule is C=CCN(CC=C)S(=O)(=O)c1ccccc1S(N)(=O)=O. The molecular formula is C12H16N2O4S2. The van der Waals surface area contributed by atoms with Crippen LogP contribution in [0.25, 0.3) is 0 Å². The number of benzene rings is 1. The first kappa shape index (κ1) is 16.6. The van der Waals surface area contributed by atoms with E-state index in [0.29, 0.717) is 0 Å². The summed E-state index contributed by atoms with van der Waals surface area (Å²) in [6.07, 6.45) is 2.81. The van der Waals surface area contributed by atoms with Crippen LogP contribution in [0.5, 0.6) is 0 Å². The van der Waals surface area contributed by atoms with Crippen molar-refractivity contribution in [2.45, 2.75) is 9.79 Å². The van der Waals surface area contributed by atoms with E-state index in [4.69, 9.17) is 5.14 Å². The Labute approximate surface area is 119 Å². The molecule has 0 fully saturated rings. The molecule has 0 saturated heterocycles. The molecule has 0 spiro atoms. The molecule has 6 nitrogen and oxygen atoms in total. The maximum Gasteiger partial charge on any atom is 0.244 e. The highest BCUT2D eigenvalue weighted by Gasteiger charge is 2.28. The fraction of sp³-hybridized carbons (Fsp3) is 0.167. The molecule has 0 amide bonds. The minimum Gasteiger partial charge on any atom is -0.225 e. The van der Waals surface area contributed by atoms with Gasteiger partial charge in [-0.25, -0.2) is 22.0 Å². The van der Waals surface area contributed by atoms with Crippen LogP contribution in [0.2, 0.25) is 0 Å². The van der Waals surface area contributed by atoms with Crippen molar-refractivity contribution in [1.82, 2.24) is 4.31 Å². The van der Waals surface area contributed by atoms with Crippen molar-refractivity contribution < 1.29 is 16.8 Å². The Morgan fingerprint density at radius 1 is 1.00 bits per heavy atom. The van der Waals surface area contributed by atoms with Crippen LogP contribution < -0.4 is 5.14 Å². The van der Waals surface area contributed by atoms with Crippen molar-refractivity contribution in [2.75, 3.05) is 13.1 Å². The van der Waals surface area contributed by atoms with E-state index in [1.807, 2.05) is 0 Å². The van der Waals surface area contributed by atoms with Gasteiger partial charge >= 0.3 is 0 Å². The largest absolute Gasteiger partial charge is 0.244 e. The quantitative estimate of drug-likeness (QED) is 0.749. The molecule has 0 atom stereocenters. The van der Waals surface area contributed by atoms with Crippen LogP contribution in [0.3, 0.4) is 0 Å². The highest BCUT2D eigenvalue weighted by Crippen LogP contribution is 2.23. The molecule has 1 rings (SSSR count). The maximum absolute atomic E-state index is 12.5. The fourth-order valence-electron chi connectivity index (χ4n) is 1.60. The summed E-state index contributed by atoms with van der Waals surface area (Å²) in [5, 5.41) is 5.05. The van der Waals surface area contributed by atoms with E-state index in [9.17, 15) is 16.8 Å². The molecular weight excluding hydrogens is 300 g/mol. The molecule has 0 aromatic heterocycles. The molecule has 2 N–H and O–H groups in total. The highest BCUT2D eigenvalue weighted by molar-refractivity contribution is 7.92. The number of sulfonamides is 2. The second-order valence-electron chi connectivity index (χ2n) is 3.89. The van der Waals surface area contributed by atoms with Gasteiger partial charge in [-0.05, 0) is 12.1 Å². The first-order valence-electron chi connectivity index (χ1n) is 5.59. The molecule has 0 unspecified atom stereocenters. The van der Waals surface area contributed by atoms with E-state index in [-0.39, 0.29) is 18.0 Å². The molecule has 8 heteroatoms. The Kier molecular flexibility index (Phi) is 5.23. The third kappa shape index (κ3) is 3.54.